The van der Waals surface area contributed by atoms with Crippen molar-refractivity contribution in [1.29, 1.82) is 0 Å². The second-order valence-corrected chi connectivity index (χ2v) is 4.45. The van der Waals surface area contributed by atoms with Gasteiger partial charge in [0.05, 0.1) is 13.2 Å². The summed E-state index contributed by atoms with van der Waals surface area (Å²) in [5.41, 5.74) is 0. The molecule has 1 N–H and O–H groups in total. The van der Waals surface area contributed by atoms with Crippen LogP contribution in [0.4, 0.5) is 5.95 Å². The molecule has 1 amide bonds. The van der Waals surface area contributed by atoms with Crippen LogP contribution in [0.2, 0.25) is 0 Å². The quantitative estimate of drug-likeness (QED) is 0.763. The van der Waals surface area contributed by atoms with Gasteiger partial charge in [-0.05, 0) is 18.9 Å². The first-order valence-corrected chi connectivity index (χ1v) is 6.11. The van der Waals surface area contributed by atoms with E-state index >= 15 is 0 Å². The third-order valence-electron chi connectivity index (χ3n) is 2.91. The third-order valence-corrected chi connectivity index (χ3v) is 2.91. The first kappa shape index (κ1) is 12.8. The van der Waals surface area contributed by atoms with Crippen molar-refractivity contribution in [1.82, 2.24) is 14.9 Å². The lowest BCUT2D eigenvalue weighted by Crippen LogP contribution is -2.42. The molecule has 1 heterocycles. The fraction of sp³-hybridized carbons (Fsp3) is 0.583. The minimum atomic E-state index is 0.00773. The Hall–Kier alpha value is -1.69. The van der Waals surface area contributed by atoms with E-state index in [0.29, 0.717) is 18.5 Å². The summed E-state index contributed by atoms with van der Waals surface area (Å²) in [6, 6.07) is 2.05. The highest BCUT2D eigenvalue weighted by molar-refractivity contribution is 5.81. The van der Waals surface area contributed by atoms with Crippen molar-refractivity contribution in [2.45, 2.75) is 18.9 Å². The van der Waals surface area contributed by atoms with Crippen LogP contribution < -0.4 is 4.90 Å². The molecule has 0 aromatic carbocycles. The summed E-state index contributed by atoms with van der Waals surface area (Å²) in [6.07, 6.45) is 5.37. The van der Waals surface area contributed by atoms with E-state index in [-0.39, 0.29) is 19.1 Å². The smallest absolute Gasteiger partial charge is 0.242 e. The normalized spacial score (nSPS) is 14.3. The molecule has 0 bridgehead atoms. The van der Waals surface area contributed by atoms with E-state index in [2.05, 4.69) is 9.97 Å². The van der Waals surface area contributed by atoms with Crippen LogP contribution in [0.15, 0.2) is 18.5 Å². The average Bonchev–Trinajstić information content (AvgIpc) is 3.21. The summed E-state index contributed by atoms with van der Waals surface area (Å²) in [5.74, 6) is 0.548. The molecule has 6 heteroatoms. The zero-order chi connectivity index (χ0) is 13.0. The number of hydrogen-bond acceptors (Lipinski definition) is 5. The van der Waals surface area contributed by atoms with E-state index in [4.69, 9.17) is 5.11 Å². The lowest BCUT2D eigenvalue weighted by molar-refractivity contribution is -0.130. The van der Waals surface area contributed by atoms with Crippen molar-refractivity contribution >= 4 is 11.9 Å². The second-order valence-electron chi connectivity index (χ2n) is 4.45. The largest absolute Gasteiger partial charge is 0.395 e. The van der Waals surface area contributed by atoms with Crippen LogP contribution in [0.1, 0.15) is 12.8 Å². The van der Waals surface area contributed by atoms with E-state index in [1.807, 2.05) is 0 Å². The Morgan fingerprint density at radius 1 is 1.44 bits per heavy atom. The zero-order valence-electron chi connectivity index (χ0n) is 10.5. The number of aliphatic hydroxyl groups excluding tert-OH is 1. The van der Waals surface area contributed by atoms with Crippen LogP contribution in [-0.4, -0.2) is 58.7 Å². The number of rotatable bonds is 6. The molecule has 18 heavy (non-hydrogen) atoms. The highest BCUT2D eigenvalue weighted by Crippen LogP contribution is 2.26. The van der Waals surface area contributed by atoms with Crippen molar-refractivity contribution in [3.8, 4) is 0 Å². The summed E-state index contributed by atoms with van der Waals surface area (Å²) in [7, 11) is 1.79. The first-order valence-electron chi connectivity index (χ1n) is 6.11. The average molecular weight is 250 g/mol. The molecule has 0 aliphatic heterocycles. The van der Waals surface area contributed by atoms with Crippen molar-refractivity contribution in [3.05, 3.63) is 18.5 Å². The molecule has 0 saturated heterocycles. The van der Waals surface area contributed by atoms with Crippen LogP contribution in [-0.2, 0) is 4.79 Å². The zero-order valence-corrected chi connectivity index (χ0v) is 10.5. The van der Waals surface area contributed by atoms with Gasteiger partial charge in [0, 0.05) is 32.0 Å². The number of aromatic nitrogens is 2. The fourth-order valence-electron chi connectivity index (χ4n) is 1.86. The van der Waals surface area contributed by atoms with Crippen LogP contribution in [0, 0.1) is 0 Å². The summed E-state index contributed by atoms with van der Waals surface area (Å²) >= 11 is 0. The molecule has 0 spiro atoms. The molecule has 0 atom stereocenters. The maximum Gasteiger partial charge on any atom is 0.242 e. The number of amides is 1. The lowest BCUT2D eigenvalue weighted by Gasteiger charge is -2.24. The van der Waals surface area contributed by atoms with Crippen molar-refractivity contribution in [3.63, 3.8) is 0 Å². The van der Waals surface area contributed by atoms with Crippen LogP contribution >= 0.6 is 0 Å². The molecule has 1 aliphatic carbocycles. The number of anilines is 1. The number of likely N-dealkylation sites (N-methyl/N-ethyl adjacent to an activating group) is 1. The van der Waals surface area contributed by atoms with Gasteiger partial charge in [0.1, 0.15) is 0 Å². The highest BCUT2D eigenvalue weighted by Gasteiger charge is 2.32. The van der Waals surface area contributed by atoms with Crippen LogP contribution in [0.3, 0.4) is 0 Å². The van der Waals surface area contributed by atoms with E-state index in [0.717, 1.165) is 12.8 Å². The second kappa shape index (κ2) is 5.77. The van der Waals surface area contributed by atoms with E-state index in [1.165, 1.54) is 0 Å². The number of nitrogens with zero attached hydrogens (tertiary/aromatic N) is 4. The highest BCUT2D eigenvalue weighted by atomic mass is 16.3. The molecule has 1 saturated carbocycles. The monoisotopic (exact) mass is 250 g/mol. The molecule has 6 nitrogen and oxygen atoms in total. The van der Waals surface area contributed by atoms with Gasteiger partial charge in [-0.2, -0.15) is 0 Å². The van der Waals surface area contributed by atoms with Gasteiger partial charge in [-0.3, -0.25) is 4.79 Å². The lowest BCUT2D eigenvalue weighted by atomic mass is 10.4. The fourth-order valence-corrected chi connectivity index (χ4v) is 1.86. The predicted molar refractivity (Wildman–Crippen MR) is 67.1 cm³/mol. The number of carbonyl (C=O) groups is 1. The van der Waals surface area contributed by atoms with Gasteiger partial charge in [-0.1, -0.05) is 0 Å². The summed E-state index contributed by atoms with van der Waals surface area (Å²) in [6.45, 7) is 0.654. The third kappa shape index (κ3) is 3.16. The minimum absolute atomic E-state index is 0.00773. The first-order chi connectivity index (χ1) is 8.72. The van der Waals surface area contributed by atoms with Gasteiger partial charge in [0.2, 0.25) is 11.9 Å². The Morgan fingerprint density at radius 3 is 2.67 bits per heavy atom. The van der Waals surface area contributed by atoms with Crippen molar-refractivity contribution < 1.29 is 9.90 Å². The summed E-state index contributed by atoms with van der Waals surface area (Å²) < 4.78 is 0. The molecule has 0 radical (unpaired) electrons. The Labute approximate surface area is 106 Å². The topological polar surface area (TPSA) is 69.6 Å². The Balaban J connectivity index is 1.93. The number of aliphatic hydroxyl groups is 1. The SMILES string of the molecule is CN(CC(=O)N(CCO)C1CC1)c1ncccn1. The maximum atomic E-state index is 12.1. The van der Waals surface area contributed by atoms with E-state index in [9.17, 15) is 4.79 Å². The van der Waals surface area contributed by atoms with Gasteiger partial charge in [0.25, 0.3) is 0 Å². The molecule has 1 aromatic heterocycles. The van der Waals surface area contributed by atoms with Crippen molar-refractivity contribution in [2.75, 3.05) is 31.6 Å². The molecule has 2 rings (SSSR count). The Bertz CT molecular complexity index is 394. The number of hydrogen-bond donors (Lipinski definition) is 1. The summed E-state index contributed by atoms with van der Waals surface area (Å²) in [5, 5.41) is 8.98. The molecular weight excluding hydrogens is 232 g/mol. The van der Waals surface area contributed by atoms with Gasteiger partial charge >= 0.3 is 0 Å². The van der Waals surface area contributed by atoms with E-state index < -0.39 is 0 Å². The predicted octanol–water partition coefficient (Wildman–Crippen LogP) is -0.104. The molecular formula is C12H18N4O2. The van der Waals surface area contributed by atoms with Gasteiger partial charge in [0.15, 0.2) is 0 Å². The van der Waals surface area contributed by atoms with Crippen LogP contribution in [0.5, 0.6) is 0 Å². The van der Waals surface area contributed by atoms with Gasteiger partial charge in [-0.25, -0.2) is 9.97 Å². The molecule has 1 aromatic rings. The van der Waals surface area contributed by atoms with Gasteiger partial charge < -0.3 is 14.9 Å². The Morgan fingerprint density at radius 2 is 2.11 bits per heavy atom. The Kier molecular flexibility index (Phi) is 4.09. The molecule has 1 fully saturated rings. The van der Waals surface area contributed by atoms with E-state index in [1.54, 1.807) is 35.3 Å². The minimum Gasteiger partial charge on any atom is -0.395 e. The van der Waals surface area contributed by atoms with Crippen LogP contribution in [0.25, 0.3) is 0 Å². The molecule has 98 valence electrons. The standard InChI is InChI=1S/C12H18N4O2/c1-15(12-13-5-2-6-14-12)9-11(18)16(7-8-17)10-3-4-10/h2,5-6,10,17H,3-4,7-9H2,1H3. The maximum absolute atomic E-state index is 12.1. The molecule has 0 unspecified atom stereocenters. The molecule has 1 aliphatic rings. The summed E-state index contributed by atoms with van der Waals surface area (Å²) in [4.78, 5) is 23.8. The van der Waals surface area contributed by atoms with Gasteiger partial charge in [-0.15, -0.1) is 0 Å². The number of carbonyl (C=O) groups excluding carboxylic acids is 1. The van der Waals surface area contributed by atoms with Crippen molar-refractivity contribution in [2.24, 2.45) is 0 Å².